The molecule has 0 amide bonds. The number of hydrogen-bond donors (Lipinski definition) is 0. The molecule has 0 aromatic heterocycles. The maximum absolute atomic E-state index is 14.2. The molecule has 19 heavy (non-hydrogen) atoms. The highest BCUT2D eigenvalue weighted by Gasteiger charge is 2.41. The number of alkyl halides is 1. The monoisotopic (exact) mass is 332 g/mol. The van der Waals surface area contributed by atoms with Crippen molar-refractivity contribution in [1.29, 1.82) is 0 Å². The Labute approximate surface area is 121 Å². The molecule has 1 fully saturated rings. The van der Waals surface area contributed by atoms with E-state index in [9.17, 15) is 8.78 Å². The molecule has 106 valence electrons. The summed E-state index contributed by atoms with van der Waals surface area (Å²) in [4.78, 5) is -0.279. The summed E-state index contributed by atoms with van der Waals surface area (Å²) in [5.41, 5.74) is 0.112. The van der Waals surface area contributed by atoms with E-state index in [4.69, 9.17) is 4.74 Å². The Morgan fingerprint density at radius 1 is 1.26 bits per heavy atom. The zero-order valence-electron chi connectivity index (χ0n) is 11.3. The van der Waals surface area contributed by atoms with Crippen LogP contribution in [0.3, 0.4) is 0 Å². The molecule has 0 radical (unpaired) electrons. The molecule has 4 heteroatoms. The highest BCUT2D eigenvalue weighted by atomic mass is 79.9. The number of benzene rings is 1. The predicted octanol–water partition coefficient (Wildman–Crippen LogP) is 5.38. The van der Waals surface area contributed by atoms with Gasteiger partial charge in [0.05, 0.1) is 11.9 Å². The van der Waals surface area contributed by atoms with Crippen molar-refractivity contribution in [3.05, 3.63) is 29.3 Å². The minimum absolute atomic E-state index is 0.0315. The van der Waals surface area contributed by atoms with Crippen LogP contribution in [0.5, 0.6) is 5.75 Å². The molecule has 0 heterocycles. The number of rotatable bonds is 4. The second-order valence-corrected chi connectivity index (χ2v) is 6.21. The Kier molecular flexibility index (Phi) is 4.49. The number of ether oxygens (including phenoxy) is 1. The van der Waals surface area contributed by atoms with Crippen LogP contribution in [0.1, 0.15) is 49.4 Å². The van der Waals surface area contributed by atoms with Crippen LogP contribution in [0.25, 0.3) is 0 Å². The van der Waals surface area contributed by atoms with Crippen molar-refractivity contribution in [2.24, 2.45) is 5.41 Å². The molecule has 0 spiro atoms. The average Bonchev–Trinajstić information content (AvgIpc) is 2.87. The number of halogens is 3. The zero-order valence-corrected chi connectivity index (χ0v) is 12.9. The van der Waals surface area contributed by atoms with Crippen molar-refractivity contribution in [2.75, 3.05) is 7.11 Å². The van der Waals surface area contributed by atoms with Gasteiger partial charge in [0, 0.05) is 17.7 Å². The fraction of sp³-hybridized carbons (Fsp3) is 0.600. The lowest BCUT2D eigenvalue weighted by Crippen LogP contribution is -2.23. The second-order valence-electron chi connectivity index (χ2n) is 5.29. The van der Waals surface area contributed by atoms with E-state index in [1.54, 1.807) is 0 Å². The summed E-state index contributed by atoms with van der Waals surface area (Å²) in [7, 11) is 1.41. The third kappa shape index (κ3) is 2.64. The van der Waals surface area contributed by atoms with Gasteiger partial charge in [0.15, 0.2) is 0 Å². The maximum Gasteiger partial charge on any atom is 0.134 e. The van der Waals surface area contributed by atoms with E-state index in [0.29, 0.717) is 0 Å². The largest absolute Gasteiger partial charge is 0.497 e. The number of methoxy groups -OCH3 is 1. The van der Waals surface area contributed by atoms with Crippen molar-refractivity contribution < 1.29 is 13.5 Å². The third-order valence-electron chi connectivity index (χ3n) is 4.38. The van der Waals surface area contributed by atoms with Gasteiger partial charge in [0.25, 0.3) is 0 Å². The van der Waals surface area contributed by atoms with Crippen LogP contribution in [0.4, 0.5) is 8.78 Å². The molecule has 2 rings (SSSR count). The standard InChI is InChI=1S/C15H19BrF2O/c1-3-15(6-4-5-7-15)14(16)13-11(17)8-10(19-2)9-12(13)18/h8-9,14H,3-7H2,1-2H3. The van der Waals surface area contributed by atoms with Gasteiger partial charge in [-0.2, -0.15) is 0 Å². The molecule has 1 nitrogen and oxygen atoms in total. The van der Waals surface area contributed by atoms with E-state index >= 15 is 0 Å². The van der Waals surface area contributed by atoms with Crippen molar-refractivity contribution in [1.82, 2.24) is 0 Å². The van der Waals surface area contributed by atoms with E-state index < -0.39 is 11.6 Å². The molecule has 0 bridgehead atoms. The van der Waals surface area contributed by atoms with Gasteiger partial charge < -0.3 is 4.74 Å². The molecule has 1 saturated carbocycles. The Hall–Kier alpha value is -0.640. The van der Waals surface area contributed by atoms with Crippen LogP contribution in [0.15, 0.2) is 12.1 Å². The Balaban J connectivity index is 2.41. The Bertz CT molecular complexity index is 432. The minimum atomic E-state index is -0.529. The molecule has 0 saturated heterocycles. The quantitative estimate of drug-likeness (QED) is 0.672. The Morgan fingerprint density at radius 2 is 1.79 bits per heavy atom. The van der Waals surface area contributed by atoms with E-state index in [1.165, 1.54) is 19.2 Å². The molecule has 1 unspecified atom stereocenters. The van der Waals surface area contributed by atoms with Crippen molar-refractivity contribution >= 4 is 15.9 Å². The van der Waals surface area contributed by atoms with Gasteiger partial charge in [-0.05, 0) is 24.7 Å². The van der Waals surface area contributed by atoms with E-state index in [2.05, 4.69) is 22.9 Å². The summed E-state index contributed by atoms with van der Waals surface area (Å²) in [5, 5.41) is 0. The molecule has 1 aromatic carbocycles. The highest BCUT2D eigenvalue weighted by Crippen LogP contribution is 2.55. The molecule has 0 N–H and O–H groups in total. The normalized spacial score (nSPS) is 19.4. The Morgan fingerprint density at radius 3 is 2.21 bits per heavy atom. The van der Waals surface area contributed by atoms with Gasteiger partial charge in [0.2, 0.25) is 0 Å². The fourth-order valence-corrected chi connectivity index (χ4v) is 4.31. The van der Waals surface area contributed by atoms with Crippen molar-refractivity contribution in [2.45, 2.75) is 43.9 Å². The predicted molar refractivity (Wildman–Crippen MR) is 75.8 cm³/mol. The van der Waals surface area contributed by atoms with Crippen LogP contribution >= 0.6 is 15.9 Å². The lowest BCUT2D eigenvalue weighted by atomic mass is 9.77. The first-order valence-corrected chi connectivity index (χ1v) is 7.62. The lowest BCUT2D eigenvalue weighted by Gasteiger charge is -2.34. The molecular weight excluding hydrogens is 314 g/mol. The molecule has 1 aliphatic carbocycles. The molecule has 1 atom stereocenters. The van der Waals surface area contributed by atoms with E-state index in [1.807, 2.05) is 0 Å². The SMILES string of the molecule is CCC1(C(Br)c2c(F)cc(OC)cc2F)CCCC1. The molecule has 1 aliphatic rings. The average molecular weight is 333 g/mol. The summed E-state index contributed by atoms with van der Waals surface area (Å²) < 4.78 is 33.2. The van der Waals surface area contributed by atoms with Gasteiger partial charge in [0.1, 0.15) is 17.4 Å². The third-order valence-corrected chi connectivity index (χ3v) is 5.81. The zero-order chi connectivity index (χ0) is 14.0. The first-order chi connectivity index (χ1) is 9.04. The summed E-state index contributed by atoms with van der Waals surface area (Å²) >= 11 is 3.56. The van der Waals surface area contributed by atoms with Crippen LogP contribution in [0.2, 0.25) is 0 Å². The fourth-order valence-electron chi connectivity index (χ4n) is 3.09. The molecule has 1 aromatic rings. The second kappa shape index (κ2) is 5.78. The summed E-state index contributed by atoms with van der Waals surface area (Å²) in [6.45, 7) is 2.10. The van der Waals surface area contributed by atoms with Gasteiger partial charge in [-0.3, -0.25) is 0 Å². The first kappa shape index (κ1) is 14.8. The first-order valence-electron chi connectivity index (χ1n) is 6.71. The molecule has 0 aliphatic heterocycles. The van der Waals surface area contributed by atoms with Gasteiger partial charge >= 0.3 is 0 Å². The van der Waals surface area contributed by atoms with Crippen molar-refractivity contribution in [3.8, 4) is 5.75 Å². The van der Waals surface area contributed by atoms with E-state index in [-0.39, 0.29) is 21.6 Å². The summed E-state index contributed by atoms with van der Waals surface area (Å²) in [6.07, 6.45) is 5.23. The van der Waals surface area contributed by atoms with Crippen LogP contribution in [-0.2, 0) is 0 Å². The van der Waals surface area contributed by atoms with Crippen LogP contribution in [-0.4, -0.2) is 7.11 Å². The van der Waals surface area contributed by atoms with Crippen LogP contribution in [0, 0.1) is 17.0 Å². The summed E-state index contributed by atoms with van der Waals surface area (Å²) in [6, 6.07) is 2.51. The van der Waals surface area contributed by atoms with Gasteiger partial charge in [-0.15, -0.1) is 0 Å². The highest BCUT2D eigenvalue weighted by molar-refractivity contribution is 9.09. The van der Waals surface area contributed by atoms with Crippen molar-refractivity contribution in [3.63, 3.8) is 0 Å². The topological polar surface area (TPSA) is 9.23 Å². The van der Waals surface area contributed by atoms with Gasteiger partial charge in [-0.1, -0.05) is 35.7 Å². The maximum atomic E-state index is 14.2. The lowest BCUT2D eigenvalue weighted by molar-refractivity contribution is 0.271. The number of hydrogen-bond acceptors (Lipinski definition) is 1. The summed E-state index contributed by atoms with van der Waals surface area (Å²) in [5.74, 6) is -0.840. The van der Waals surface area contributed by atoms with Gasteiger partial charge in [-0.25, -0.2) is 8.78 Å². The van der Waals surface area contributed by atoms with E-state index in [0.717, 1.165) is 32.1 Å². The smallest absolute Gasteiger partial charge is 0.134 e. The molecular formula is C15H19BrF2O. The minimum Gasteiger partial charge on any atom is -0.497 e. The van der Waals surface area contributed by atoms with Crippen LogP contribution < -0.4 is 4.74 Å².